The van der Waals surface area contributed by atoms with Gasteiger partial charge in [-0.25, -0.2) is 14.8 Å². The first-order valence-corrected chi connectivity index (χ1v) is 5.75. The summed E-state index contributed by atoms with van der Waals surface area (Å²) in [5, 5.41) is 6.44. The minimum Gasteiger partial charge on any atom is -0.243 e. The number of halogens is 6. The van der Waals surface area contributed by atoms with E-state index in [0.29, 0.717) is 4.68 Å². The Hall–Kier alpha value is -1.39. The van der Waals surface area contributed by atoms with Gasteiger partial charge in [-0.2, -0.15) is 27.6 Å². The lowest BCUT2D eigenvalue weighted by Gasteiger charge is -2.09. The third-order valence-corrected chi connectivity index (χ3v) is 2.42. The van der Waals surface area contributed by atoms with E-state index in [1.165, 1.54) is 0 Å². The van der Waals surface area contributed by atoms with Crippen LogP contribution >= 0.6 is 34.8 Å². The SMILES string of the molecule is O=C(n1cncn1)n1nc(C(F)(F)F)nc1C(Cl)(Cl)Cl. The van der Waals surface area contributed by atoms with Gasteiger partial charge in [-0.3, -0.25) is 0 Å². The van der Waals surface area contributed by atoms with Crippen LogP contribution in [0, 0.1) is 0 Å². The summed E-state index contributed by atoms with van der Waals surface area (Å²) in [6, 6.07) is -1.13. The van der Waals surface area contributed by atoms with Crippen molar-refractivity contribution in [3.05, 3.63) is 24.3 Å². The molecule has 108 valence electrons. The van der Waals surface area contributed by atoms with E-state index in [1.807, 2.05) is 0 Å². The molecule has 2 aromatic rings. The van der Waals surface area contributed by atoms with Crippen LogP contribution in [0.3, 0.4) is 0 Å². The van der Waals surface area contributed by atoms with Crippen LogP contribution in [-0.4, -0.2) is 35.6 Å². The topological polar surface area (TPSA) is 78.5 Å². The fourth-order valence-corrected chi connectivity index (χ4v) is 1.52. The van der Waals surface area contributed by atoms with E-state index in [0.717, 1.165) is 12.7 Å². The number of carbonyl (C=O) groups excluding carboxylic acids is 1. The van der Waals surface area contributed by atoms with Crippen molar-refractivity contribution in [2.24, 2.45) is 0 Å². The van der Waals surface area contributed by atoms with Crippen LogP contribution < -0.4 is 0 Å². The van der Waals surface area contributed by atoms with Crippen molar-refractivity contribution in [1.29, 1.82) is 0 Å². The second-order valence-corrected chi connectivity index (χ2v) is 5.57. The minimum absolute atomic E-state index is 0.199. The lowest BCUT2D eigenvalue weighted by atomic mass is 10.6. The summed E-state index contributed by atoms with van der Waals surface area (Å²) >= 11 is 16.4. The quantitative estimate of drug-likeness (QED) is 0.682. The van der Waals surface area contributed by atoms with E-state index in [9.17, 15) is 18.0 Å². The molecule has 0 atom stereocenters. The molecular weight excluding hydrogens is 347 g/mol. The highest BCUT2D eigenvalue weighted by molar-refractivity contribution is 6.66. The van der Waals surface area contributed by atoms with Crippen LogP contribution in [0.4, 0.5) is 18.0 Å². The number of alkyl halides is 6. The van der Waals surface area contributed by atoms with E-state index < -0.39 is 27.6 Å². The first kappa shape index (κ1) is 15.0. The summed E-state index contributed by atoms with van der Waals surface area (Å²) in [7, 11) is 0. The molecule has 2 heterocycles. The Labute approximate surface area is 123 Å². The summed E-state index contributed by atoms with van der Waals surface area (Å²) in [6.07, 6.45) is -2.97. The lowest BCUT2D eigenvalue weighted by Crippen LogP contribution is -2.26. The molecule has 13 heteroatoms. The number of hydrogen-bond donors (Lipinski definition) is 0. The highest BCUT2D eigenvalue weighted by Gasteiger charge is 2.42. The molecule has 0 radical (unpaired) electrons. The molecule has 2 rings (SSSR count). The number of aromatic nitrogens is 6. The minimum atomic E-state index is -4.90. The van der Waals surface area contributed by atoms with Crippen molar-refractivity contribution in [2.45, 2.75) is 9.97 Å². The van der Waals surface area contributed by atoms with Crippen molar-refractivity contribution >= 4 is 40.8 Å². The zero-order valence-corrected chi connectivity index (χ0v) is 11.3. The van der Waals surface area contributed by atoms with Crippen LogP contribution in [0.1, 0.15) is 11.6 Å². The molecule has 0 saturated heterocycles. The number of carbonyl (C=O) groups is 1. The zero-order chi connectivity index (χ0) is 15.1. The predicted octanol–water partition coefficient (Wildman–Crippen LogP) is 2.23. The van der Waals surface area contributed by atoms with E-state index in [2.05, 4.69) is 20.2 Å². The normalized spacial score (nSPS) is 12.7. The van der Waals surface area contributed by atoms with Gasteiger partial charge >= 0.3 is 12.2 Å². The van der Waals surface area contributed by atoms with Gasteiger partial charge in [0.1, 0.15) is 12.7 Å². The van der Waals surface area contributed by atoms with E-state index in [-0.39, 0.29) is 4.68 Å². The lowest BCUT2D eigenvalue weighted by molar-refractivity contribution is -0.144. The van der Waals surface area contributed by atoms with Gasteiger partial charge in [0.05, 0.1) is 0 Å². The highest BCUT2D eigenvalue weighted by atomic mass is 35.6. The summed E-state index contributed by atoms with van der Waals surface area (Å²) in [5.41, 5.74) is 0. The molecule has 0 aliphatic rings. The average Bonchev–Trinajstić information content (AvgIpc) is 2.96. The molecule has 0 aromatic carbocycles. The smallest absolute Gasteiger partial charge is 0.243 e. The molecule has 0 unspecified atom stereocenters. The summed E-state index contributed by atoms with van der Waals surface area (Å²) in [6.45, 7) is 0. The van der Waals surface area contributed by atoms with Crippen molar-refractivity contribution in [3.63, 3.8) is 0 Å². The molecule has 0 bridgehead atoms. The Morgan fingerprint density at radius 3 is 2.35 bits per heavy atom. The average molecular weight is 349 g/mol. The first-order chi connectivity index (χ1) is 9.10. The Bertz CT molecular complexity index is 631. The summed E-state index contributed by atoms with van der Waals surface area (Å²) in [5.74, 6) is -2.43. The van der Waals surface area contributed by atoms with Gasteiger partial charge < -0.3 is 0 Å². The second-order valence-electron chi connectivity index (χ2n) is 3.29. The molecule has 0 aliphatic heterocycles. The first-order valence-electron chi connectivity index (χ1n) is 4.61. The van der Waals surface area contributed by atoms with Crippen LogP contribution in [-0.2, 0) is 9.97 Å². The van der Waals surface area contributed by atoms with Gasteiger partial charge in [-0.05, 0) is 0 Å². The van der Waals surface area contributed by atoms with Crippen LogP contribution in [0.5, 0.6) is 0 Å². The van der Waals surface area contributed by atoms with Gasteiger partial charge in [-0.15, -0.1) is 5.10 Å². The Balaban J connectivity index is 2.57. The van der Waals surface area contributed by atoms with Gasteiger partial charge in [0.2, 0.25) is 3.79 Å². The maximum atomic E-state index is 12.6. The van der Waals surface area contributed by atoms with Crippen molar-refractivity contribution in [2.75, 3.05) is 0 Å². The maximum absolute atomic E-state index is 12.6. The number of rotatable bonds is 0. The molecule has 0 amide bonds. The molecule has 0 spiro atoms. The molecule has 20 heavy (non-hydrogen) atoms. The Kier molecular flexibility index (Phi) is 3.65. The van der Waals surface area contributed by atoms with E-state index in [1.54, 1.807) is 0 Å². The molecule has 2 aromatic heterocycles. The van der Waals surface area contributed by atoms with Crippen molar-refractivity contribution in [1.82, 2.24) is 29.5 Å². The van der Waals surface area contributed by atoms with Gasteiger partial charge in [0.15, 0.2) is 5.82 Å². The fourth-order valence-electron chi connectivity index (χ4n) is 1.15. The van der Waals surface area contributed by atoms with Crippen LogP contribution in [0.2, 0.25) is 0 Å². The number of nitrogens with zero attached hydrogens (tertiary/aromatic N) is 6. The van der Waals surface area contributed by atoms with Crippen LogP contribution in [0.25, 0.3) is 0 Å². The van der Waals surface area contributed by atoms with Gasteiger partial charge in [0, 0.05) is 0 Å². The van der Waals surface area contributed by atoms with Gasteiger partial charge in [0.25, 0.3) is 5.82 Å². The molecular formula is C7H2Cl3F3N6O. The maximum Gasteiger partial charge on any atom is 0.453 e. The second kappa shape index (κ2) is 4.86. The zero-order valence-electron chi connectivity index (χ0n) is 9.01. The highest BCUT2D eigenvalue weighted by Crippen LogP contribution is 2.38. The van der Waals surface area contributed by atoms with Crippen molar-refractivity contribution in [3.8, 4) is 0 Å². The van der Waals surface area contributed by atoms with Gasteiger partial charge in [-0.1, -0.05) is 34.8 Å². The predicted molar refractivity (Wildman–Crippen MR) is 60.5 cm³/mol. The standard InChI is InChI=1S/C7H2Cl3F3N6O/c8-6(9,10)4-16-3(7(11,12)13)17-19(4)5(20)18-2-14-1-15-18/h1-2H. The Morgan fingerprint density at radius 2 is 1.90 bits per heavy atom. The van der Waals surface area contributed by atoms with Crippen molar-refractivity contribution < 1.29 is 18.0 Å². The molecule has 7 nitrogen and oxygen atoms in total. The van der Waals surface area contributed by atoms with E-state index >= 15 is 0 Å². The Morgan fingerprint density at radius 1 is 1.25 bits per heavy atom. The third-order valence-electron chi connectivity index (χ3n) is 1.91. The van der Waals surface area contributed by atoms with E-state index in [4.69, 9.17) is 34.8 Å². The fraction of sp³-hybridized carbons (Fsp3) is 0.286. The summed E-state index contributed by atoms with van der Waals surface area (Å²) in [4.78, 5) is 18.4. The largest absolute Gasteiger partial charge is 0.453 e. The summed E-state index contributed by atoms with van der Waals surface area (Å²) < 4.78 is 36.1. The molecule has 0 saturated carbocycles. The molecule has 0 fully saturated rings. The number of hydrogen-bond acceptors (Lipinski definition) is 5. The monoisotopic (exact) mass is 348 g/mol. The van der Waals surface area contributed by atoms with Crippen LogP contribution in [0.15, 0.2) is 12.7 Å². The third kappa shape index (κ3) is 2.86. The molecule has 0 aliphatic carbocycles. The molecule has 0 N–H and O–H groups in total.